The van der Waals surface area contributed by atoms with E-state index in [0.717, 1.165) is 24.3 Å². The van der Waals surface area contributed by atoms with E-state index in [2.05, 4.69) is 19.2 Å². The van der Waals surface area contributed by atoms with Gasteiger partial charge in [0.1, 0.15) is 0 Å². The maximum absolute atomic E-state index is 12.2. The molecular weight excluding hydrogens is 258 g/mol. The van der Waals surface area contributed by atoms with Crippen LogP contribution in [0.15, 0.2) is 24.3 Å². The molecule has 1 N–H and O–H groups in total. The molecule has 0 heterocycles. The van der Waals surface area contributed by atoms with Crippen molar-refractivity contribution in [2.24, 2.45) is 11.8 Å². The Bertz CT molecular complexity index is 446. The molecule has 1 fully saturated rings. The summed E-state index contributed by atoms with van der Waals surface area (Å²) in [6.45, 7) is 4.57. The van der Waals surface area contributed by atoms with Gasteiger partial charge in [-0.15, -0.1) is 11.6 Å². The molecule has 1 amide bonds. The number of carbonyl (C=O) groups is 1. The number of carbonyl (C=O) groups excluding carboxylic acids is 1. The van der Waals surface area contributed by atoms with Gasteiger partial charge in [-0.25, -0.2) is 0 Å². The third-order valence-electron chi connectivity index (χ3n) is 4.28. The lowest BCUT2D eigenvalue weighted by molar-refractivity contribution is 0.0910. The van der Waals surface area contributed by atoms with Crippen LogP contribution in [0.3, 0.4) is 0 Å². The molecule has 1 aliphatic carbocycles. The predicted molar refractivity (Wildman–Crippen MR) is 79.4 cm³/mol. The Kier molecular flexibility index (Phi) is 4.87. The minimum Gasteiger partial charge on any atom is -0.349 e. The molecule has 1 aromatic rings. The molecule has 19 heavy (non-hydrogen) atoms. The Labute approximate surface area is 120 Å². The Hall–Kier alpha value is -1.02. The fourth-order valence-corrected chi connectivity index (χ4v) is 2.91. The molecule has 0 radical (unpaired) electrons. The van der Waals surface area contributed by atoms with E-state index in [1.807, 2.05) is 24.3 Å². The minimum absolute atomic E-state index is 0.0266. The van der Waals surface area contributed by atoms with Gasteiger partial charge >= 0.3 is 0 Å². The van der Waals surface area contributed by atoms with E-state index in [-0.39, 0.29) is 5.91 Å². The first kappa shape index (κ1) is 14.4. The van der Waals surface area contributed by atoms with E-state index in [0.29, 0.717) is 23.4 Å². The second kappa shape index (κ2) is 6.42. The van der Waals surface area contributed by atoms with Crippen molar-refractivity contribution < 1.29 is 4.79 Å². The van der Waals surface area contributed by atoms with Crippen molar-refractivity contribution in [2.75, 3.05) is 0 Å². The molecule has 0 spiro atoms. The van der Waals surface area contributed by atoms with Gasteiger partial charge in [0.15, 0.2) is 0 Å². The average molecular weight is 280 g/mol. The summed E-state index contributed by atoms with van der Waals surface area (Å²) < 4.78 is 0. The summed E-state index contributed by atoms with van der Waals surface area (Å²) in [6, 6.07) is 7.86. The van der Waals surface area contributed by atoms with Crippen molar-refractivity contribution in [1.29, 1.82) is 0 Å². The Morgan fingerprint density at radius 1 is 1.32 bits per heavy atom. The molecule has 104 valence electrons. The van der Waals surface area contributed by atoms with Gasteiger partial charge in [0.25, 0.3) is 5.91 Å². The Morgan fingerprint density at radius 3 is 2.79 bits per heavy atom. The number of hydrogen-bond acceptors (Lipinski definition) is 1. The van der Waals surface area contributed by atoms with E-state index in [4.69, 9.17) is 11.6 Å². The van der Waals surface area contributed by atoms with Gasteiger partial charge in [-0.05, 0) is 48.8 Å². The van der Waals surface area contributed by atoms with Crippen molar-refractivity contribution in [3.63, 3.8) is 0 Å². The van der Waals surface area contributed by atoms with Gasteiger partial charge in [0.2, 0.25) is 0 Å². The third kappa shape index (κ3) is 3.73. The normalized spacial score (nSPS) is 27.0. The van der Waals surface area contributed by atoms with Gasteiger partial charge in [0, 0.05) is 17.5 Å². The number of rotatable bonds is 3. The van der Waals surface area contributed by atoms with E-state index < -0.39 is 0 Å². The second-order valence-corrected chi connectivity index (χ2v) is 6.04. The average Bonchev–Trinajstić information content (AvgIpc) is 2.43. The van der Waals surface area contributed by atoms with Gasteiger partial charge in [-0.2, -0.15) is 0 Å². The largest absolute Gasteiger partial charge is 0.349 e. The molecule has 1 aliphatic rings. The Balaban J connectivity index is 1.97. The van der Waals surface area contributed by atoms with E-state index in [1.54, 1.807) is 0 Å². The monoisotopic (exact) mass is 279 g/mol. The number of benzene rings is 1. The highest BCUT2D eigenvalue weighted by atomic mass is 35.5. The van der Waals surface area contributed by atoms with Gasteiger partial charge < -0.3 is 5.32 Å². The van der Waals surface area contributed by atoms with Crippen LogP contribution < -0.4 is 5.32 Å². The third-order valence-corrected chi connectivity index (χ3v) is 4.59. The molecule has 0 bridgehead atoms. The molecular formula is C16H22ClNO. The SMILES string of the molecule is CC1CCC(NC(=O)c2cccc(CCl)c2)CC1C. The summed E-state index contributed by atoms with van der Waals surface area (Å²) in [6.07, 6.45) is 3.38. The fraction of sp³-hybridized carbons (Fsp3) is 0.562. The summed E-state index contributed by atoms with van der Waals surface area (Å²) in [5, 5.41) is 3.16. The number of hydrogen-bond donors (Lipinski definition) is 1. The first-order valence-corrected chi connectivity index (χ1v) is 7.59. The highest BCUT2D eigenvalue weighted by Gasteiger charge is 2.25. The van der Waals surface area contributed by atoms with Crippen LogP contribution in [0, 0.1) is 11.8 Å². The zero-order valence-electron chi connectivity index (χ0n) is 11.7. The van der Waals surface area contributed by atoms with Crippen molar-refractivity contribution in [3.8, 4) is 0 Å². The zero-order chi connectivity index (χ0) is 13.8. The number of amides is 1. The summed E-state index contributed by atoms with van der Waals surface area (Å²) >= 11 is 5.80. The summed E-state index contributed by atoms with van der Waals surface area (Å²) in [4.78, 5) is 12.2. The van der Waals surface area contributed by atoms with Gasteiger partial charge in [-0.1, -0.05) is 26.0 Å². The van der Waals surface area contributed by atoms with Crippen LogP contribution in [-0.2, 0) is 5.88 Å². The maximum atomic E-state index is 12.2. The lowest BCUT2D eigenvalue weighted by Gasteiger charge is -2.32. The van der Waals surface area contributed by atoms with Gasteiger partial charge in [-0.3, -0.25) is 4.79 Å². The topological polar surface area (TPSA) is 29.1 Å². The minimum atomic E-state index is 0.0266. The van der Waals surface area contributed by atoms with Crippen molar-refractivity contribution in [2.45, 2.75) is 45.0 Å². The smallest absolute Gasteiger partial charge is 0.251 e. The van der Waals surface area contributed by atoms with Crippen LogP contribution in [0.25, 0.3) is 0 Å². The van der Waals surface area contributed by atoms with E-state index >= 15 is 0 Å². The van der Waals surface area contributed by atoms with Crippen LogP contribution >= 0.6 is 11.6 Å². The highest BCUT2D eigenvalue weighted by Crippen LogP contribution is 2.29. The highest BCUT2D eigenvalue weighted by molar-refractivity contribution is 6.17. The van der Waals surface area contributed by atoms with Gasteiger partial charge in [0.05, 0.1) is 0 Å². The van der Waals surface area contributed by atoms with Crippen molar-refractivity contribution >= 4 is 17.5 Å². The molecule has 0 aromatic heterocycles. The molecule has 2 rings (SSSR count). The standard InChI is InChI=1S/C16H22ClNO/c1-11-6-7-15(8-12(11)2)18-16(19)14-5-3-4-13(9-14)10-17/h3-5,9,11-12,15H,6-8,10H2,1-2H3,(H,18,19). The summed E-state index contributed by atoms with van der Waals surface area (Å²) in [5.74, 6) is 1.93. The molecule has 1 aromatic carbocycles. The molecule has 0 aliphatic heterocycles. The molecule has 2 nitrogen and oxygen atoms in total. The van der Waals surface area contributed by atoms with Crippen molar-refractivity contribution in [1.82, 2.24) is 5.32 Å². The molecule has 3 heteroatoms. The number of nitrogens with one attached hydrogen (secondary N) is 1. The first-order valence-electron chi connectivity index (χ1n) is 7.06. The number of halogens is 1. The van der Waals surface area contributed by atoms with Crippen LogP contribution in [0.2, 0.25) is 0 Å². The second-order valence-electron chi connectivity index (χ2n) is 5.77. The van der Waals surface area contributed by atoms with E-state index in [1.165, 1.54) is 6.42 Å². The summed E-state index contributed by atoms with van der Waals surface area (Å²) in [5.41, 5.74) is 1.70. The van der Waals surface area contributed by atoms with Crippen LogP contribution in [0.1, 0.15) is 49.0 Å². The predicted octanol–water partition coefficient (Wildman–Crippen LogP) is 3.98. The van der Waals surface area contributed by atoms with E-state index in [9.17, 15) is 4.79 Å². The summed E-state index contributed by atoms with van der Waals surface area (Å²) in [7, 11) is 0. The zero-order valence-corrected chi connectivity index (χ0v) is 12.4. The lowest BCUT2D eigenvalue weighted by atomic mass is 9.79. The molecule has 1 saturated carbocycles. The molecule has 0 saturated heterocycles. The maximum Gasteiger partial charge on any atom is 0.251 e. The first-order chi connectivity index (χ1) is 9.10. The van der Waals surface area contributed by atoms with Crippen LogP contribution in [-0.4, -0.2) is 11.9 Å². The van der Waals surface area contributed by atoms with Crippen LogP contribution in [0.4, 0.5) is 0 Å². The quantitative estimate of drug-likeness (QED) is 0.833. The lowest BCUT2D eigenvalue weighted by Crippen LogP contribution is -2.39. The fourth-order valence-electron chi connectivity index (χ4n) is 2.74. The Morgan fingerprint density at radius 2 is 2.11 bits per heavy atom. The van der Waals surface area contributed by atoms with Crippen LogP contribution in [0.5, 0.6) is 0 Å². The number of alkyl halides is 1. The molecule has 3 atom stereocenters. The van der Waals surface area contributed by atoms with Crippen molar-refractivity contribution in [3.05, 3.63) is 35.4 Å². The molecule has 3 unspecified atom stereocenters.